The van der Waals surface area contributed by atoms with Gasteiger partial charge in [0.05, 0.1) is 23.4 Å². The monoisotopic (exact) mass is 410 g/mol. The average molecular weight is 411 g/mol. The summed E-state index contributed by atoms with van der Waals surface area (Å²) in [6, 6.07) is 5.76. The fourth-order valence-corrected chi connectivity index (χ4v) is 4.15. The van der Waals surface area contributed by atoms with E-state index in [-0.39, 0.29) is 0 Å². The lowest BCUT2D eigenvalue weighted by Crippen LogP contribution is -2.51. The summed E-state index contributed by atoms with van der Waals surface area (Å²) >= 11 is 3.33. The van der Waals surface area contributed by atoms with Crippen molar-refractivity contribution in [1.29, 1.82) is 5.26 Å². The zero-order valence-electron chi connectivity index (χ0n) is 14.3. The van der Waals surface area contributed by atoms with E-state index < -0.39 is 35.1 Å². The summed E-state index contributed by atoms with van der Waals surface area (Å²) in [7, 11) is 1.55. The van der Waals surface area contributed by atoms with Crippen LogP contribution in [0, 0.1) is 28.5 Å². The van der Waals surface area contributed by atoms with Crippen molar-refractivity contribution in [2.24, 2.45) is 16.3 Å². The van der Waals surface area contributed by atoms with Crippen molar-refractivity contribution >= 4 is 27.6 Å². The molecule has 0 bridgehead atoms. The molecule has 0 aromatic heterocycles. The van der Waals surface area contributed by atoms with Crippen LogP contribution in [0.2, 0.25) is 0 Å². The molecule has 0 saturated heterocycles. The molecule has 0 spiro atoms. The lowest BCUT2D eigenvalue weighted by atomic mass is 9.60. The molecular weight excluding hydrogens is 391 g/mol. The van der Waals surface area contributed by atoms with Gasteiger partial charge < -0.3 is 9.84 Å². The van der Waals surface area contributed by atoms with Crippen molar-refractivity contribution < 1.29 is 19.0 Å². The molecule has 0 saturated carbocycles. The number of nitrogens with zero attached hydrogens (tertiary/aromatic N) is 2. The number of aliphatic carboxylic acids is 1. The van der Waals surface area contributed by atoms with Crippen LogP contribution in [0.5, 0.6) is 0 Å². The predicted octanol–water partition coefficient (Wildman–Crippen LogP) is 3.78. The van der Waals surface area contributed by atoms with E-state index in [1.165, 1.54) is 12.1 Å². The SMILES string of the molecule is COCCC1N=C(C)C(C#N)C(c2ccc(F)cc2Br)C1(C)C(=O)O. The number of ether oxygens (including phenoxy) is 1. The number of halogens is 2. The number of carboxylic acids is 1. The highest BCUT2D eigenvalue weighted by molar-refractivity contribution is 9.10. The molecule has 25 heavy (non-hydrogen) atoms. The highest BCUT2D eigenvalue weighted by Gasteiger charge is 2.55. The van der Waals surface area contributed by atoms with E-state index >= 15 is 0 Å². The van der Waals surface area contributed by atoms with Crippen molar-refractivity contribution in [3.8, 4) is 6.07 Å². The quantitative estimate of drug-likeness (QED) is 0.800. The molecule has 0 radical (unpaired) electrons. The summed E-state index contributed by atoms with van der Waals surface area (Å²) in [5.41, 5.74) is -0.142. The predicted molar refractivity (Wildman–Crippen MR) is 95.1 cm³/mol. The first-order valence-corrected chi connectivity index (χ1v) is 8.67. The zero-order valence-corrected chi connectivity index (χ0v) is 15.9. The van der Waals surface area contributed by atoms with Crippen LogP contribution in [0.1, 0.15) is 31.7 Å². The van der Waals surface area contributed by atoms with Gasteiger partial charge in [-0.3, -0.25) is 9.79 Å². The van der Waals surface area contributed by atoms with Gasteiger partial charge in [-0.25, -0.2) is 4.39 Å². The second-order valence-corrected chi connectivity index (χ2v) is 7.26. The maximum atomic E-state index is 13.5. The number of aliphatic imine (C=N–C) groups is 1. The number of nitriles is 1. The second kappa shape index (κ2) is 7.63. The van der Waals surface area contributed by atoms with Crippen LogP contribution in [0.15, 0.2) is 27.7 Å². The Kier molecular flexibility index (Phi) is 5.96. The molecule has 4 atom stereocenters. The van der Waals surface area contributed by atoms with Gasteiger partial charge in [0.2, 0.25) is 0 Å². The van der Waals surface area contributed by atoms with Gasteiger partial charge in [-0.2, -0.15) is 5.26 Å². The van der Waals surface area contributed by atoms with E-state index in [1.54, 1.807) is 27.0 Å². The Morgan fingerprint density at radius 2 is 2.24 bits per heavy atom. The Bertz CT molecular complexity index is 746. The standard InChI is InChI=1S/C18H20BrFN2O3/c1-10-13(9-21)16(12-5-4-11(20)8-14(12)19)18(2,17(23)24)15(22-10)6-7-25-3/h4-5,8,13,15-16H,6-7H2,1-3H3,(H,23,24). The number of rotatable bonds is 5. The highest BCUT2D eigenvalue weighted by atomic mass is 79.9. The molecule has 5 nitrogen and oxygen atoms in total. The van der Waals surface area contributed by atoms with E-state index in [1.807, 2.05) is 0 Å². The molecule has 0 amide bonds. The summed E-state index contributed by atoms with van der Waals surface area (Å²) in [5, 5.41) is 19.7. The topological polar surface area (TPSA) is 82.7 Å². The number of hydrogen-bond acceptors (Lipinski definition) is 4. The summed E-state index contributed by atoms with van der Waals surface area (Å²) in [6.45, 7) is 3.70. The van der Waals surface area contributed by atoms with Crippen LogP contribution in [-0.4, -0.2) is 36.5 Å². The molecule has 1 aromatic carbocycles. The van der Waals surface area contributed by atoms with E-state index in [2.05, 4.69) is 27.0 Å². The Balaban J connectivity index is 2.68. The molecule has 1 aromatic rings. The van der Waals surface area contributed by atoms with E-state index in [0.717, 1.165) is 0 Å². The third-order valence-corrected chi connectivity index (χ3v) is 5.66. The van der Waals surface area contributed by atoms with Crippen LogP contribution in [-0.2, 0) is 9.53 Å². The van der Waals surface area contributed by atoms with Crippen LogP contribution in [0.3, 0.4) is 0 Å². The Hall–Kier alpha value is -1.78. The number of carbonyl (C=O) groups is 1. The van der Waals surface area contributed by atoms with Crippen molar-refractivity contribution in [2.75, 3.05) is 13.7 Å². The summed E-state index contributed by atoms with van der Waals surface area (Å²) in [6.07, 6.45) is 0.421. The molecule has 1 aliphatic rings. The van der Waals surface area contributed by atoms with Crippen LogP contribution in [0.4, 0.5) is 4.39 Å². The normalized spacial score (nSPS) is 29.0. The lowest BCUT2D eigenvalue weighted by molar-refractivity contribution is -0.151. The maximum absolute atomic E-state index is 13.5. The van der Waals surface area contributed by atoms with Crippen molar-refractivity contribution in [1.82, 2.24) is 0 Å². The van der Waals surface area contributed by atoms with Gasteiger partial charge in [0.1, 0.15) is 5.82 Å². The van der Waals surface area contributed by atoms with Crippen LogP contribution in [0.25, 0.3) is 0 Å². The molecule has 7 heteroatoms. The maximum Gasteiger partial charge on any atom is 0.312 e. The minimum atomic E-state index is -1.32. The van der Waals surface area contributed by atoms with E-state index in [9.17, 15) is 19.6 Å². The van der Waals surface area contributed by atoms with Gasteiger partial charge in [-0.15, -0.1) is 0 Å². The lowest BCUT2D eigenvalue weighted by Gasteiger charge is -2.45. The largest absolute Gasteiger partial charge is 0.481 e. The van der Waals surface area contributed by atoms with Crippen molar-refractivity contribution in [2.45, 2.75) is 32.2 Å². The Morgan fingerprint density at radius 3 is 2.76 bits per heavy atom. The first-order valence-electron chi connectivity index (χ1n) is 7.88. The number of carboxylic acid groups (broad SMARTS) is 1. The molecule has 0 fully saturated rings. The number of benzene rings is 1. The number of hydrogen-bond donors (Lipinski definition) is 1. The third-order valence-electron chi connectivity index (χ3n) is 4.97. The van der Waals surface area contributed by atoms with Gasteiger partial charge in [0.15, 0.2) is 0 Å². The van der Waals surface area contributed by atoms with Gasteiger partial charge in [0.25, 0.3) is 0 Å². The molecule has 4 unspecified atom stereocenters. The smallest absolute Gasteiger partial charge is 0.312 e. The van der Waals surface area contributed by atoms with Gasteiger partial charge >= 0.3 is 5.97 Å². The fourth-order valence-electron chi connectivity index (χ4n) is 3.55. The van der Waals surface area contributed by atoms with Crippen molar-refractivity contribution in [3.05, 3.63) is 34.1 Å². The molecule has 2 rings (SSSR count). The molecule has 0 aliphatic carbocycles. The van der Waals surface area contributed by atoms with Crippen LogP contribution >= 0.6 is 15.9 Å². The molecular formula is C18H20BrFN2O3. The first-order chi connectivity index (χ1) is 11.8. The minimum absolute atomic E-state index is 0.360. The van der Waals surface area contributed by atoms with E-state index in [4.69, 9.17) is 4.74 Å². The summed E-state index contributed by atoms with van der Waals surface area (Å²) in [5.74, 6) is -2.84. The average Bonchev–Trinajstić information content (AvgIpc) is 2.55. The molecule has 1 N–H and O–H groups in total. The summed E-state index contributed by atoms with van der Waals surface area (Å²) < 4.78 is 19.1. The minimum Gasteiger partial charge on any atom is -0.481 e. The molecule has 1 heterocycles. The second-order valence-electron chi connectivity index (χ2n) is 6.41. The molecule has 1 aliphatic heterocycles. The zero-order chi connectivity index (χ0) is 18.8. The number of methoxy groups -OCH3 is 1. The Morgan fingerprint density at radius 1 is 1.56 bits per heavy atom. The molecule has 134 valence electrons. The third kappa shape index (κ3) is 3.46. The van der Waals surface area contributed by atoms with Gasteiger partial charge in [0, 0.05) is 29.8 Å². The Labute approximate surface area is 154 Å². The van der Waals surface area contributed by atoms with Gasteiger partial charge in [-0.05, 0) is 38.0 Å². The van der Waals surface area contributed by atoms with Crippen LogP contribution < -0.4 is 0 Å². The first kappa shape index (κ1) is 19.5. The van der Waals surface area contributed by atoms with E-state index in [0.29, 0.717) is 28.8 Å². The van der Waals surface area contributed by atoms with Gasteiger partial charge in [-0.1, -0.05) is 22.0 Å². The summed E-state index contributed by atoms with van der Waals surface area (Å²) in [4.78, 5) is 16.8. The van der Waals surface area contributed by atoms with Crippen molar-refractivity contribution in [3.63, 3.8) is 0 Å². The highest BCUT2D eigenvalue weighted by Crippen LogP contribution is 2.51. The fraction of sp³-hybridized carbons (Fsp3) is 0.500.